The van der Waals surface area contributed by atoms with Crippen molar-refractivity contribution in [3.63, 3.8) is 0 Å². The highest BCUT2D eigenvalue weighted by Gasteiger charge is 2.21. The number of thiophene rings is 1. The minimum atomic E-state index is -1.03. The van der Waals surface area contributed by atoms with E-state index in [0.717, 1.165) is 21.9 Å². The molecule has 1 aromatic heterocycles. The van der Waals surface area contributed by atoms with Gasteiger partial charge in [-0.3, -0.25) is 4.79 Å². The van der Waals surface area contributed by atoms with Gasteiger partial charge in [0.25, 0.3) is 5.91 Å². The van der Waals surface area contributed by atoms with Crippen LogP contribution >= 0.6 is 11.3 Å². The SMILES string of the molecule is Cc1ccc(C(C)NC(=O)c2c(F)ccc(N)c2F)s1. The molecule has 0 spiro atoms. The number of hydrogen-bond acceptors (Lipinski definition) is 3. The second kappa shape index (κ2) is 5.58. The highest BCUT2D eigenvalue weighted by atomic mass is 32.1. The molecule has 0 saturated heterocycles. The third kappa shape index (κ3) is 2.80. The summed E-state index contributed by atoms with van der Waals surface area (Å²) in [6.07, 6.45) is 0. The summed E-state index contributed by atoms with van der Waals surface area (Å²) in [5.41, 5.74) is 4.45. The first kappa shape index (κ1) is 14.5. The Bertz CT molecular complexity index is 655. The Hall–Kier alpha value is -1.95. The second-order valence-corrected chi connectivity index (χ2v) is 5.79. The van der Waals surface area contributed by atoms with E-state index in [1.807, 2.05) is 19.1 Å². The molecule has 2 aromatic rings. The van der Waals surface area contributed by atoms with Gasteiger partial charge in [0, 0.05) is 9.75 Å². The standard InChI is InChI=1S/C14H14F2N2OS/c1-7-3-6-11(20-7)8(2)18-14(19)12-9(15)4-5-10(17)13(12)16/h3-6,8H,17H2,1-2H3,(H,18,19). The highest BCUT2D eigenvalue weighted by molar-refractivity contribution is 7.12. The smallest absolute Gasteiger partial charge is 0.257 e. The maximum Gasteiger partial charge on any atom is 0.257 e. The summed E-state index contributed by atoms with van der Waals surface area (Å²) in [6, 6.07) is 5.53. The molecule has 1 unspecified atom stereocenters. The molecule has 0 aliphatic carbocycles. The minimum absolute atomic E-state index is 0.254. The van der Waals surface area contributed by atoms with Gasteiger partial charge in [-0.1, -0.05) is 0 Å². The monoisotopic (exact) mass is 296 g/mol. The van der Waals surface area contributed by atoms with Crippen molar-refractivity contribution in [2.45, 2.75) is 19.9 Å². The molecule has 2 rings (SSSR count). The molecule has 3 N–H and O–H groups in total. The number of nitrogens with one attached hydrogen (secondary N) is 1. The Morgan fingerprint density at radius 3 is 2.60 bits per heavy atom. The van der Waals surface area contributed by atoms with Crippen LogP contribution in [0.5, 0.6) is 0 Å². The molecule has 6 heteroatoms. The van der Waals surface area contributed by atoms with E-state index in [2.05, 4.69) is 5.32 Å². The van der Waals surface area contributed by atoms with Crippen molar-refractivity contribution in [1.82, 2.24) is 5.32 Å². The molecule has 1 atom stereocenters. The molecule has 1 amide bonds. The van der Waals surface area contributed by atoms with E-state index < -0.39 is 23.1 Å². The topological polar surface area (TPSA) is 55.1 Å². The van der Waals surface area contributed by atoms with Crippen LogP contribution in [0.1, 0.15) is 33.1 Å². The number of hydrogen-bond donors (Lipinski definition) is 2. The van der Waals surface area contributed by atoms with Crippen molar-refractivity contribution in [3.05, 3.63) is 51.2 Å². The number of nitrogens with two attached hydrogens (primary N) is 1. The van der Waals surface area contributed by atoms with Crippen molar-refractivity contribution in [2.75, 3.05) is 5.73 Å². The maximum atomic E-state index is 13.7. The molecule has 106 valence electrons. The number of carbonyl (C=O) groups excluding carboxylic acids is 1. The van der Waals surface area contributed by atoms with Gasteiger partial charge < -0.3 is 11.1 Å². The van der Waals surface area contributed by atoms with Crippen LogP contribution in [0.15, 0.2) is 24.3 Å². The van der Waals surface area contributed by atoms with Crippen molar-refractivity contribution in [3.8, 4) is 0 Å². The van der Waals surface area contributed by atoms with Gasteiger partial charge in [-0.05, 0) is 38.1 Å². The summed E-state index contributed by atoms with van der Waals surface area (Å²) in [7, 11) is 0. The molecule has 3 nitrogen and oxygen atoms in total. The number of carbonyl (C=O) groups is 1. The first-order chi connectivity index (χ1) is 9.40. The van der Waals surface area contributed by atoms with E-state index in [1.165, 1.54) is 11.3 Å². The normalized spacial score (nSPS) is 12.2. The van der Waals surface area contributed by atoms with E-state index in [-0.39, 0.29) is 11.7 Å². The predicted molar refractivity (Wildman–Crippen MR) is 75.7 cm³/mol. The van der Waals surface area contributed by atoms with E-state index >= 15 is 0 Å². The molecule has 0 saturated carbocycles. The molecule has 0 aliphatic rings. The van der Waals surface area contributed by atoms with E-state index in [0.29, 0.717) is 0 Å². The van der Waals surface area contributed by atoms with Crippen LogP contribution in [0, 0.1) is 18.6 Å². The fourth-order valence-corrected chi connectivity index (χ4v) is 2.68. The lowest BCUT2D eigenvalue weighted by Crippen LogP contribution is -2.28. The quantitative estimate of drug-likeness (QED) is 0.853. The third-order valence-electron chi connectivity index (χ3n) is 2.88. The van der Waals surface area contributed by atoms with Gasteiger partial charge in [-0.25, -0.2) is 8.78 Å². The molecule has 0 bridgehead atoms. The highest BCUT2D eigenvalue weighted by Crippen LogP contribution is 2.24. The van der Waals surface area contributed by atoms with Crippen LogP contribution in [-0.4, -0.2) is 5.91 Å². The Labute approximate surface area is 119 Å². The van der Waals surface area contributed by atoms with Gasteiger partial charge in [-0.15, -0.1) is 11.3 Å². The van der Waals surface area contributed by atoms with Crippen molar-refractivity contribution in [2.24, 2.45) is 0 Å². The number of benzene rings is 1. The lowest BCUT2D eigenvalue weighted by molar-refractivity contribution is 0.0932. The summed E-state index contributed by atoms with van der Waals surface area (Å²) in [4.78, 5) is 14.0. The van der Waals surface area contributed by atoms with Crippen LogP contribution < -0.4 is 11.1 Å². The summed E-state index contributed by atoms with van der Waals surface area (Å²) in [5.74, 6) is -2.77. The average molecular weight is 296 g/mol. The number of anilines is 1. The van der Waals surface area contributed by atoms with Gasteiger partial charge in [0.15, 0.2) is 5.82 Å². The predicted octanol–water partition coefficient (Wildman–Crippen LogP) is 3.41. The first-order valence-corrected chi connectivity index (χ1v) is 6.82. The lowest BCUT2D eigenvalue weighted by atomic mass is 10.1. The Morgan fingerprint density at radius 2 is 2.00 bits per heavy atom. The van der Waals surface area contributed by atoms with E-state index in [1.54, 1.807) is 6.92 Å². The largest absolute Gasteiger partial charge is 0.396 e. The Morgan fingerprint density at radius 1 is 1.30 bits per heavy atom. The molecule has 0 fully saturated rings. The minimum Gasteiger partial charge on any atom is -0.396 e. The molecule has 0 aliphatic heterocycles. The van der Waals surface area contributed by atoms with Crippen LogP contribution in [0.3, 0.4) is 0 Å². The van der Waals surface area contributed by atoms with Gasteiger partial charge in [0.05, 0.1) is 11.7 Å². The number of halogens is 2. The summed E-state index contributed by atoms with van der Waals surface area (Å²) < 4.78 is 27.3. The number of nitrogen functional groups attached to an aromatic ring is 1. The van der Waals surface area contributed by atoms with Gasteiger partial charge in [0.2, 0.25) is 0 Å². The molecule has 0 radical (unpaired) electrons. The molecule has 1 aromatic carbocycles. The fraction of sp³-hybridized carbons (Fsp3) is 0.214. The lowest BCUT2D eigenvalue weighted by Gasteiger charge is -2.13. The summed E-state index contributed by atoms with van der Waals surface area (Å²) in [6.45, 7) is 3.70. The molecule has 20 heavy (non-hydrogen) atoms. The molecule has 1 heterocycles. The van der Waals surface area contributed by atoms with Crippen LogP contribution in [0.4, 0.5) is 14.5 Å². The summed E-state index contributed by atoms with van der Waals surface area (Å²) in [5, 5.41) is 2.57. The van der Waals surface area contributed by atoms with Crippen LogP contribution in [-0.2, 0) is 0 Å². The van der Waals surface area contributed by atoms with Crippen molar-refractivity contribution in [1.29, 1.82) is 0 Å². The van der Waals surface area contributed by atoms with E-state index in [9.17, 15) is 13.6 Å². The zero-order valence-corrected chi connectivity index (χ0v) is 11.9. The van der Waals surface area contributed by atoms with Crippen LogP contribution in [0.2, 0.25) is 0 Å². The number of rotatable bonds is 3. The number of aryl methyl sites for hydroxylation is 1. The first-order valence-electron chi connectivity index (χ1n) is 6.01. The van der Waals surface area contributed by atoms with Gasteiger partial charge in [-0.2, -0.15) is 0 Å². The maximum absolute atomic E-state index is 13.7. The summed E-state index contributed by atoms with van der Waals surface area (Å²) >= 11 is 1.52. The van der Waals surface area contributed by atoms with Gasteiger partial charge in [0.1, 0.15) is 11.4 Å². The van der Waals surface area contributed by atoms with Crippen LogP contribution in [0.25, 0.3) is 0 Å². The van der Waals surface area contributed by atoms with Crippen molar-refractivity contribution < 1.29 is 13.6 Å². The molecular formula is C14H14F2N2OS. The Kier molecular flexibility index (Phi) is 4.04. The Balaban J connectivity index is 2.23. The zero-order chi connectivity index (χ0) is 14.9. The average Bonchev–Trinajstić information content (AvgIpc) is 2.81. The molecular weight excluding hydrogens is 282 g/mol. The zero-order valence-electron chi connectivity index (χ0n) is 11.0. The fourth-order valence-electron chi connectivity index (χ4n) is 1.80. The third-order valence-corrected chi connectivity index (χ3v) is 4.07. The number of amides is 1. The van der Waals surface area contributed by atoms with E-state index in [4.69, 9.17) is 5.73 Å². The van der Waals surface area contributed by atoms with Gasteiger partial charge >= 0.3 is 0 Å². The second-order valence-electron chi connectivity index (χ2n) is 4.47. The van der Waals surface area contributed by atoms with Crippen molar-refractivity contribution >= 4 is 22.9 Å².